The van der Waals surface area contributed by atoms with E-state index in [-0.39, 0.29) is 5.56 Å². The number of thiazole rings is 1. The van der Waals surface area contributed by atoms with E-state index in [4.69, 9.17) is 9.84 Å². The van der Waals surface area contributed by atoms with Crippen molar-refractivity contribution in [2.24, 2.45) is 20.0 Å². The van der Waals surface area contributed by atoms with Crippen molar-refractivity contribution in [3.63, 3.8) is 0 Å². The van der Waals surface area contributed by atoms with Crippen LogP contribution in [-0.2, 0) is 26.9 Å². The van der Waals surface area contributed by atoms with E-state index in [1.807, 2.05) is 30.9 Å². The lowest BCUT2D eigenvalue weighted by Gasteiger charge is -2.08. The normalized spacial score (nSPS) is 17.9. The lowest BCUT2D eigenvalue weighted by atomic mass is 10.1. The van der Waals surface area contributed by atoms with Gasteiger partial charge in [-0.1, -0.05) is 18.2 Å². The lowest BCUT2D eigenvalue weighted by molar-refractivity contribution is 0.277. The minimum absolute atomic E-state index is 0.0788. The zero-order valence-corrected chi connectivity index (χ0v) is 18.7. The van der Waals surface area contributed by atoms with E-state index in [0.717, 1.165) is 29.1 Å². The molecular weight excluding hydrogens is 410 g/mol. The number of nitrogens with zero attached hydrogens (tertiary/aromatic N) is 5. The molecule has 5 rings (SSSR count). The van der Waals surface area contributed by atoms with Gasteiger partial charge in [0.2, 0.25) is 5.88 Å². The Balaban J connectivity index is 1.25. The summed E-state index contributed by atoms with van der Waals surface area (Å²) in [5, 5.41) is 11.3. The van der Waals surface area contributed by atoms with Crippen molar-refractivity contribution in [2.45, 2.75) is 32.1 Å². The molecule has 7 nitrogen and oxygen atoms in total. The van der Waals surface area contributed by atoms with Gasteiger partial charge in [-0.2, -0.15) is 5.10 Å². The second-order valence-electron chi connectivity index (χ2n) is 8.24. The molecule has 0 bridgehead atoms. The van der Waals surface area contributed by atoms with Crippen LogP contribution in [0.3, 0.4) is 0 Å². The summed E-state index contributed by atoms with van der Waals surface area (Å²) in [6.45, 7) is 2.61. The summed E-state index contributed by atoms with van der Waals surface area (Å²) in [4.78, 5) is 18.0. The van der Waals surface area contributed by atoms with Gasteiger partial charge >= 0.3 is 0 Å². The highest BCUT2D eigenvalue weighted by Crippen LogP contribution is 2.48. The minimum Gasteiger partial charge on any atom is -0.476 e. The van der Waals surface area contributed by atoms with Crippen molar-refractivity contribution in [1.29, 1.82) is 0 Å². The monoisotopic (exact) mass is 435 g/mol. The third kappa shape index (κ3) is 3.99. The maximum absolute atomic E-state index is 12.5. The molecule has 1 saturated carbocycles. The molecule has 2 atom stereocenters. The molecule has 1 aromatic carbocycles. The maximum Gasteiger partial charge on any atom is 0.269 e. The summed E-state index contributed by atoms with van der Waals surface area (Å²) >= 11 is 1.67. The topological polar surface area (TPSA) is 74.8 Å². The fourth-order valence-corrected chi connectivity index (χ4v) is 4.91. The molecule has 0 spiro atoms. The molecule has 3 aromatic heterocycles. The van der Waals surface area contributed by atoms with Crippen LogP contribution in [0.25, 0.3) is 10.9 Å². The molecule has 0 unspecified atom stereocenters. The molecular formula is C23H25N5O2S. The van der Waals surface area contributed by atoms with Gasteiger partial charge in [0, 0.05) is 60.4 Å². The quantitative estimate of drug-likeness (QED) is 0.445. The van der Waals surface area contributed by atoms with Crippen LogP contribution in [0, 0.1) is 12.8 Å². The van der Waals surface area contributed by atoms with Gasteiger partial charge < -0.3 is 4.74 Å². The number of rotatable bonds is 7. The van der Waals surface area contributed by atoms with Crippen LogP contribution >= 0.6 is 11.3 Å². The molecule has 31 heavy (non-hydrogen) atoms. The SMILES string of the molecule is Cc1cnc(CCc2cc(OC[C@@H]3C[C@H]3c3nn(C)c4ccccc34)nn(C)c2=O)s1. The van der Waals surface area contributed by atoms with E-state index in [2.05, 4.69) is 28.3 Å². The van der Waals surface area contributed by atoms with Crippen LogP contribution in [-0.4, -0.2) is 31.2 Å². The molecule has 4 aromatic rings. The summed E-state index contributed by atoms with van der Waals surface area (Å²) < 4.78 is 9.33. The predicted molar refractivity (Wildman–Crippen MR) is 121 cm³/mol. The number of hydrogen-bond donors (Lipinski definition) is 0. The fourth-order valence-electron chi connectivity index (χ4n) is 4.12. The standard InChI is InChI=1S/C23H25N5O2S/c1-14-12-24-21(31-14)9-8-15-11-20(25-28(3)23(15)29)30-13-16-10-18(16)22-17-6-4-5-7-19(17)27(2)26-22/h4-7,11-12,16,18H,8-10,13H2,1-3H3/t16-,18+/m0/s1. The Morgan fingerprint density at radius 1 is 1.16 bits per heavy atom. The predicted octanol–water partition coefficient (Wildman–Crippen LogP) is 3.40. The largest absolute Gasteiger partial charge is 0.476 e. The first-order valence-electron chi connectivity index (χ1n) is 10.5. The summed E-state index contributed by atoms with van der Waals surface area (Å²) in [7, 11) is 3.66. The average Bonchev–Trinajstić information content (AvgIpc) is 3.29. The lowest BCUT2D eigenvalue weighted by Crippen LogP contribution is -2.24. The van der Waals surface area contributed by atoms with Gasteiger partial charge in [0.15, 0.2) is 0 Å². The molecule has 160 valence electrons. The first-order chi connectivity index (χ1) is 15.0. The Hall–Kier alpha value is -3.00. The summed E-state index contributed by atoms with van der Waals surface area (Å²) in [5.41, 5.74) is 2.94. The van der Waals surface area contributed by atoms with Gasteiger partial charge in [-0.3, -0.25) is 9.48 Å². The third-order valence-electron chi connectivity index (χ3n) is 5.90. The van der Waals surface area contributed by atoms with Crippen molar-refractivity contribution >= 4 is 22.2 Å². The summed E-state index contributed by atoms with van der Waals surface area (Å²) in [5.74, 6) is 1.33. The first kappa shape index (κ1) is 19.9. The van der Waals surface area contributed by atoms with Crippen LogP contribution in [0.5, 0.6) is 5.88 Å². The van der Waals surface area contributed by atoms with E-state index in [9.17, 15) is 4.79 Å². The Kier molecular flexibility index (Phi) is 5.09. The number of aryl methyl sites for hydroxylation is 5. The fraction of sp³-hybridized carbons (Fsp3) is 0.391. The second-order valence-corrected chi connectivity index (χ2v) is 9.56. The highest BCUT2D eigenvalue weighted by molar-refractivity contribution is 7.11. The third-order valence-corrected chi connectivity index (χ3v) is 6.87. The number of para-hydroxylation sites is 1. The van der Waals surface area contributed by atoms with E-state index >= 15 is 0 Å². The Morgan fingerprint density at radius 3 is 2.81 bits per heavy atom. The number of hydrogen-bond acceptors (Lipinski definition) is 6. The van der Waals surface area contributed by atoms with Crippen molar-refractivity contribution in [2.75, 3.05) is 6.61 Å². The van der Waals surface area contributed by atoms with E-state index in [1.165, 1.54) is 14.9 Å². The Bertz CT molecular complexity index is 1310. The first-order valence-corrected chi connectivity index (χ1v) is 11.3. The van der Waals surface area contributed by atoms with Crippen molar-refractivity contribution in [1.82, 2.24) is 24.5 Å². The van der Waals surface area contributed by atoms with Gasteiger partial charge in [0.05, 0.1) is 22.8 Å². The van der Waals surface area contributed by atoms with Crippen LogP contribution < -0.4 is 10.3 Å². The molecule has 0 aliphatic heterocycles. The van der Waals surface area contributed by atoms with Crippen LogP contribution in [0.2, 0.25) is 0 Å². The number of ether oxygens (including phenoxy) is 1. The van der Waals surface area contributed by atoms with E-state index < -0.39 is 0 Å². The number of benzene rings is 1. The summed E-state index contributed by atoms with van der Waals surface area (Å²) in [6.07, 6.45) is 4.30. The highest BCUT2D eigenvalue weighted by Gasteiger charge is 2.42. The second kappa shape index (κ2) is 7.92. The van der Waals surface area contributed by atoms with Crippen LogP contribution in [0.15, 0.2) is 41.3 Å². The minimum atomic E-state index is -0.0788. The van der Waals surface area contributed by atoms with Crippen molar-refractivity contribution in [3.05, 3.63) is 68.0 Å². The smallest absolute Gasteiger partial charge is 0.269 e. The maximum atomic E-state index is 12.5. The van der Waals surface area contributed by atoms with Crippen molar-refractivity contribution < 1.29 is 4.74 Å². The van der Waals surface area contributed by atoms with Gasteiger partial charge in [-0.15, -0.1) is 16.4 Å². The van der Waals surface area contributed by atoms with Crippen LogP contribution in [0.1, 0.15) is 33.5 Å². The Morgan fingerprint density at radius 2 is 2.00 bits per heavy atom. The van der Waals surface area contributed by atoms with Gasteiger partial charge in [-0.25, -0.2) is 9.67 Å². The van der Waals surface area contributed by atoms with Gasteiger partial charge in [-0.05, 0) is 25.8 Å². The molecule has 0 N–H and O–H groups in total. The molecule has 1 aliphatic carbocycles. The van der Waals surface area contributed by atoms with Gasteiger partial charge in [0.25, 0.3) is 5.56 Å². The van der Waals surface area contributed by atoms with Crippen LogP contribution in [0.4, 0.5) is 0 Å². The molecule has 0 saturated heterocycles. The number of aromatic nitrogens is 5. The molecule has 1 fully saturated rings. The van der Waals surface area contributed by atoms with E-state index in [1.54, 1.807) is 24.5 Å². The molecule has 8 heteroatoms. The van der Waals surface area contributed by atoms with Crippen molar-refractivity contribution in [3.8, 4) is 5.88 Å². The zero-order valence-electron chi connectivity index (χ0n) is 17.9. The number of fused-ring (bicyclic) bond motifs is 1. The van der Waals surface area contributed by atoms with Gasteiger partial charge in [0.1, 0.15) is 0 Å². The highest BCUT2D eigenvalue weighted by atomic mass is 32.1. The molecule has 0 amide bonds. The molecule has 1 aliphatic rings. The molecule has 3 heterocycles. The van der Waals surface area contributed by atoms with E-state index in [0.29, 0.717) is 36.3 Å². The average molecular weight is 436 g/mol. The molecule has 0 radical (unpaired) electrons. The summed E-state index contributed by atoms with van der Waals surface area (Å²) in [6, 6.07) is 10.1. The Labute approximate surface area is 184 Å². The zero-order chi connectivity index (χ0) is 21.5.